The number of hydrogen-bond donors (Lipinski definition) is 2. The van der Waals surface area contributed by atoms with Crippen LogP contribution in [-0.2, 0) is 12.8 Å². The minimum Gasteiger partial charge on any atom is -0.495 e. The van der Waals surface area contributed by atoms with Crippen LogP contribution in [-0.4, -0.2) is 36.3 Å². The number of nitrogen functional groups attached to an aromatic ring is 1. The van der Waals surface area contributed by atoms with Crippen LogP contribution >= 0.6 is 0 Å². The average Bonchev–Trinajstić information content (AvgIpc) is 2.50. The number of anilines is 1. The summed E-state index contributed by atoms with van der Waals surface area (Å²) in [5.74, 6) is 0.660. The van der Waals surface area contributed by atoms with E-state index in [0.717, 1.165) is 11.1 Å². The van der Waals surface area contributed by atoms with Gasteiger partial charge in [-0.1, -0.05) is 0 Å². The van der Waals surface area contributed by atoms with Gasteiger partial charge in [-0.15, -0.1) is 0 Å². The van der Waals surface area contributed by atoms with E-state index in [4.69, 9.17) is 15.6 Å². The number of hydrogen-bond acceptors (Lipinski definition) is 3. The molecule has 1 aliphatic heterocycles. The second-order valence-corrected chi connectivity index (χ2v) is 4.13. The van der Waals surface area contributed by atoms with Crippen LogP contribution in [0.4, 0.5) is 10.5 Å². The van der Waals surface area contributed by atoms with Crippen molar-refractivity contribution in [2.24, 2.45) is 0 Å². The number of fused-ring (bicyclic) bond motifs is 1. The summed E-state index contributed by atoms with van der Waals surface area (Å²) in [4.78, 5) is 12.4. The van der Waals surface area contributed by atoms with Gasteiger partial charge in [-0.2, -0.15) is 0 Å². The van der Waals surface area contributed by atoms with Crippen molar-refractivity contribution in [1.29, 1.82) is 0 Å². The lowest BCUT2D eigenvalue weighted by atomic mass is 10.0. The van der Waals surface area contributed by atoms with E-state index in [2.05, 4.69) is 0 Å². The predicted molar refractivity (Wildman–Crippen MR) is 64.4 cm³/mol. The molecule has 0 aromatic heterocycles. The molecule has 5 nitrogen and oxygen atoms in total. The van der Waals surface area contributed by atoms with Gasteiger partial charge in [-0.25, -0.2) is 4.79 Å². The quantitative estimate of drug-likeness (QED) is 0.722. The lowest BCUT2D eigenvalue weighted by Crippen LogP contribution is -2.31. The van der Waals surface area contributed by atoms with Crippen LogP contribution in [0.15, 0.2) is 12.1 Å². The third-order valence-corrected chi connectivity index (χ3v) is 3.12. The molecule has 17 heavy (non-hydrogen) atoms. The summed E-state index contributed by atoms with van der Waals surface area (Å²) in [6.07, 6.45) is 0.548. The Hall–Kier alpha value is -1.91. The van der Waals surface area contributed by atoms with Crippen molar-refractivity contribution in [3.63, 3.8) is 0 Å². The van der Waals surface area contributed by atoms with Gasteiger partial charge in [0, 0.05) is 13.1 Å². The van der Waals surface area contributed by atoms with E-state index in [-0.39, 0.29) is 0 Å². The highest BCUT2D eigenvalue weighted by Crippen LogP contribution is 2.28. The number of benzene rings is 1. The van der Waals surface area contributed by atoms with Crippen molar-refractivity contribution in [2.75, 3.05) is 25.9 Å². The normalized spacial score (nSPS) is 15.0. The maximum Gasteiger partial charge on any atom is 0.407 e. The van der Waals surface area contributed by atoms with E-state index in [1.54, 1.807) is 7.11 Å². The van der Waals surface area contributed by atoms with Crippen LogP contribution in [0.1, 0.15) is 11.1 Å². The van der Waals surface area contributed by atoms with Crippen LogP contribution in [0.3, 0.4) is 0 Å². The third-order valence-electron chi connectivity index (χ3n) is 3.12. The number of amides is 1. The summed E-state index contributed by atoms with van der Waals surface area (Å²) >= 11 is 0. The highest BCUT2D eigenvalue weighted by atomic mass is 16.5. The summed E-state index contributed by atoms with van der Waals surface area (Å²) in [7, 11) is 1.58. The van der Waals surface area contributed by atoms with E-state index in [1.165, 1.54) is 4.90 Å². The van der Waals surface area contributed by atoms with Crippen LogP contribution in [0.2, 0.25) is 0 Å². The average molecular weight is 236 g/mol. The van der Waals surface area contributed by atoms with Crippen molar-refractivity contribution in [3.05, 3.63) is 23.3 Å². The van der Waals surface area contributed by atoms with Crippen molar-refractivity contribution in [1.82, 2.24) is 4.90 Å². The van der Waals surface area contributed by atoms with Gasteiger partial charge in [0.05, 0.1) is 12.8 Å². The van der Waals surface area contributed by atoms with Gasteiger partial charge in [-0.3, -0.25) is 0 Å². The molecule has 1 amide bonds. The highest BCUT2D eigenvalue weighted by molar-refractivity contribution is 5.65. The van der Waals surface area contributed by atoms with Crippen molar-refractivity contribution >= 4 is 11.8 Å². The molecule has 0 spiro atoms. The van der Waals surface area contributed by atoms with Gasteiger partial charge in [0.1, 0.15) is 5.75 Å². The largest absolute Gasteiger partial charge is 0.495 e. The Morgan fingerprint density at radius 3 is 2.47 bits per heavy atom. The zero-order valence-corrected chi connectivity index (χ0v) is 9.77. The van der Waals surface area contributed by atoms with Crippen LogP contribution < -0.4 is 10.5 Å². The van der Waals surface area contributed by atoms with E-state index in [0.29, 0.717) is 37.4 Å². The molecule has 1 aliphatic rings. The topological polar surface area (TPSA) is 75.8 Å². The van der Waals surface area contributed by atoms with Crippen LogP contribution in [0.5, 0.6) is 5.75 Å². The van der Waals surface area contributed by atoms with E-state index in [1.807, 2.05) is 12.1 Å². The maximum atomic E-state index is 10.9. The first-order valence-corrected chi connectivity index (χ1v) is 5.55. The van der Waals surface area contributed by atoms with Gasteiger partial charge >= 0.3 is 6.09 Å². The number of nitrogens with two attached hydrogens (primary N) is 1. The second kappa shape index (κ2) is 4.53. The number of rotatable bonds is 1. The van der Waals surface area contributed by atoms with Gasteiger partial charge in [-0.05, 0) is 36.1 Å². The number of carboxylic acid groups (broad SMARTS) is 1. The summed E-state index contributed by atoms with van der Waals surface area (Å²) in [6, 6.07) is 3.80. The first kappa shape index (κ1) is 11.6. The van der Waals surface area contributed by atoms with Crippen LogP contribution in [0.25, 0.3) is 0 Å². The predicted octanol–water partition coefficient (Wildman–Crippen LogP) is 1.36. The smallest absolute Gasteiger partial charge is 0.407 e. The summed E-state index contributed by atoms with van der Waals surface area (Å²) in [6.45, 7) is 1.05. The molecule has 0 radical (unpaired) electrons. The minimum atomic E-state index is -0.863. The number of methoxy groups -OCH3 is 1. The number of nitrogens with zero attached hydrogens (tertiary/aromatic N) is 1. The molecule has 0 aliphatic carbocycles. The first-order valence-electron chi connectivity index (χ1n) is 5.55. The fraction of sp³-hybridized carbons (Fsp3) is 0.417. The molecule has 0 saturated carbocycles. The van der Waals surface area contributed by atoms with E-state index < -0.39 is 6.09 Å². The number of carbonyl (C=O) groups is 1. The standard InChI is InChI=1S/C12H16N2O3/c1-17-11-7-9-3-5-14(12(15)16)4-2-8(9)6-10(11)13/h6-7H,2-5,13H2,1H3,(H,15,16). The fourth-order valence-corrected chi connectivity index (χ4v) is 2.14. The maximum absolute atomic E-state index is 10.9. The molecule has 92 valence electrons. The molecule has 5 heteroatoms. The molecule has 1 aromatic carbocycles. The third kappa shape index (κ3) is 2.27. The first-order chi connectivity index (χ1) is 8.11. The number of ether oxygens (including phenoxy) is 1. The van der Waals surface area contributed by atoms with Crippen molar-refractivity contribution in [2.45, 2.75) is 12.8 Å². The molecular formula is C12H16N2O3. The molecule has 0 fully saturated rings. The molecule has 0 saturated heterocycles. The summed E-state index contributed by atoms with van der Waals surface area (Å²) in [5, 5.41) is 8.97. The monoisotopic (exact) mass is 236 g/mol. The molecule has 1 heterocycles. The molecule has 2 rings (SSSR count). The van der Waals surface area contributed by atoms with Gasteiger partial charge < -0.3 is 20.5 Å². The molecule has 0 atom stereocenters. The van der Waals surface area contributed by atoms with Crippen molar-refractivity contribution < 1.29 is 14.6 Å². The Bertz CT molecular complexity index is 446. The van der Waals surface area contributed by atoms with E-state index in [9.17, 15) is 4.79 Å². The van der Waals surface area contributed by atoms with E-state index >= 15 is 0 Å². The Kier molecular flexibility index (Phi) is 3.08. The Morgan fingerprint density at radius 1 is 1.35 bits per heavy atom. The molecule has 3 N–H and O–H groups in total. The Morgan fingerprint density at radius 2 is 1.94 bits per heavy atom. The van der Waals surface area contributed by atoms with Crippen LogP contribution in [0, 0.1) is 0 Å². The Balaban J connectivity index is 2.28. The highest BCUT2D eigenvalue weighted by Gasteiger charge is 2.18. The molecule has 0 unspecified atom stereocenters. The lowest BCUT2D eigenvalue weighted by Gasteiger charge is -2.14. The SMILES string of the molecule is COc1cc2c(cc1N)CCN(C(=O)O)CC2. The van der Waals surface area contributed by atoms with Gasteiger partial charge in [0.15, 0.2) is 0 Å². The molecular weight excluding hydrogens is 220 g/mol. The molecule has 0 bridgehead atoms. The summed E-state index contributed by atoms with van der Waals surface area (Å²) in [5.41, 5.74) is 8.69. The zero-order chi connectivity index (χ0) is 12.4. The minimum absolute atomic E-state index is 0.522. The van der Waals surface area contributed by atoms with Gasteiger partial charge in [0.2, 0.25) is 0 Å². The van der Waals surface area contributed by atoms with Crippen molar-refractivity contribution in [3.8, 4) is 5.75 Å². The summed E-state index contributed by atoms with van der Waals surface area (Å²) < 4.78 is 5.17. The molecule has 1 aromatic rings. The lowest BCUT2D eigenvalue weighted by molar-refractivity contribution is 0.147. The Labute approximate surface area is 99.8 Å². The zero-order valence-electron chi connectivity index (χ0n) is 9.77. The fourth-order valence-electron chi connectivity index (χ4n) is 2.14. The second-order valence-electron chi connectivity index (χ2n) is 4.13. The van der Waals surface area contributed by atoms with Gasteiger partial charge in [0.25, 0.3) is 0 Å².